The molecular weight excluding hydrogens is 266 g/mol. The van der Waals surface area contributed by atoms with E-state index in [0.29, 0.717) is 17.7 Å². The quantitative estimate of drug-likeness (QED) is 0.805. The third-order valence-corrected chi connectivity index (χ3v) is 3.91. The molecule has 2 heterocycles. The zero-order valence-electron chi connectivity index (χ0n) is 11.1. The summed E-state index contributed by atoms with van der Waals surface area (Å²) in [5, 5.41) is 3.91. The molecule has 0 unspecified atom stereocenters. The molecule has 1 aromatic rings. The predicted octanol–water partition coefficient (Wildman–Crippen LogP) is 0.113. The topological polar surface area (TPSA) is 76.2 Å². The van der Waals surface area contributed by atoms with Crippen molar-refractivity contribution in [3.8, 4) is 0 Å². The number of aromatic nitrogens is 2. The second-order valence-electron chi connectivity index (χ2n) is 4.91. The number of hydrogen-bond acceptors (Lipinski definition) is 4. The summed E-state index contributed by atoms with van der Waals surface area (Å²) in [5.41, 5.74) is 5.35. The molecule has 0 aromatic carbocycles. The number of amides is 1. The van der Waals surface area contributed by atoms with Crippen LogP contribution in [0.2, 0.25) is 5.15 Å². The van der Waals surface area contributed by atoms with E-state index >= 15 is 0 Å². The molecule has 6 nitrogen and oxygen atoms in total. The van der Waals surface area contributed by atoms with Gasteiger partial charge in [-0.2, -0.15) is 0 Å². The number of carbonyl (C=O) groups excluding carboxylic acids is 1. The van der Waals surface area contributed by atoms with Gasteiger partial charge >= 0.3 is 0 Å². The lowest BCUT2D eigenvalue weighted by molar-refractivity contribution is -0.120. The molecule has 2 rings (SSSR count). The SMILES string of the molecule is Cn1c(Cl)cnc1CN(CC(N)=O)C1CCNCC1. The first-order chi connectivity index (χ1) is 9.08. The molecule has 0 atom stereocenters. The number of nitrogens with one attached hydrogen (secondary N) is 1. The Morgan fingerprint density at radius 1 is 1.63 bits per heavy atom. The first-order valence-electron chi connectivity index (χ1n) is 6.47. The highest BCUT2D eigenvalue weighted by Gasteiger charge is 2.23. The summed E-state index contributed by atoms with van der Waals surface area (Å²) in [5.74, 6) is 0.545. The van der Waals surface area contributed by atoms with E-state index in [1.54, 1.807) is 6.20 Å². The molecule has 3 N–H and O–H groups in total. The third kappa shape index (κ3) is 3.68. The number of carbonyl (C=O) groups is 1. The van der Waals surface area contributed by atoms with Gasteiger partial charge < -0.3 is 15.6 Å². The Bertz CT molecular complexity index is 441. The van der Waals surface area contributed by atoms with Crippen LogP contribution in [-0.4, -0.2) is 46.0 Å². The number of imidazole rings is 1. The van der Waals surface area contributed by atoms with Crippen molar-refractivity contribution < 1.29 is 4.79 Å². The lowest BCUT2D eigenvalue weighted by Crippen LogP contribution is -2.46. The highest BCUT2D eigenvalue weighted by Crippen LogP contribution is 2.16. The largest absolute Gasteiger partial charge is 0.369 e. The van der Waals surface area contributed by atoms with Crippen LogP contribution in [0.1, 0.15) is 18.7 Å². The van der Waals surface area contributed by atoms with Crippen LogP contribution in [0.25, 0.3) is 0 Å². The molecule has 1 aromatic heterocycles. The third-order valence-electron chi connectivity index (χ3n) is 3.56. The fourth-order valence-corrected chi connectivity index (χ4v) is 2.59. The van der Waals surface area contributed by atoms with Crippen LogP contribution in [0, 0.1) is 0 Å². The van der Waals surface area contributed by atoms with E-state index in [9.17, 15) is 4.79 Å². The van der Waals surface area contributed by atoms with Gasteiger partial charge in [0, 0.05) is 13.1 Å². The number of primary amides is 1. The number of nitrogens with zero attached hydrogens (tertiary/aromatic N) is 3. The van der Waals surface area contributed by atoms with Crippen molar-refractivity contribution in [2.75, 3.05) is 19.6 Å². The maximum Gasteiger partial charge on any atom is 0.231 e. The van der Waals surface area contributed by atoms with Crippen LogP contribution >= 0.6 is 11.6 Å². The number of hydrogen-bond donors (Lipinski definition) is 2. The van der Waals surface area contributed by atoms with Gasteiger partial charge in [-0.1, -0.05) is 11.6 Å². The van der Waals surface area contributed by atoms with Crippen LogP contribution in [0.3, 0.4) is 0 Å². The average Bonchev–Trinajstić information content (AvgIpc) is 2.70. The molecule has 0 radical (unpaired) electrons. The normalized spacial score (nSPS) is 17.0. The van der Waals surface area contributed by atoms with E-state index in [0.717, 1.165) is 31.8 Å². The summed E-state index contributed by atoms with van der Waals surface area (Å²) < 4.78 is 1.83. The number of piperidine rings is 1. The standard InChI is InChI=1S/C12H20ClN5O/c1-17-10(13)6-16-12(17)8-18(7-11(14)19)9-2-4-15-5-3-9/h6,9,15H,2-5,7-8H2,1H3,(H2,14,19). The monoisotopic (exact) mass is 285 g/mol. The second kappa shape index (κ2) is 6.36. The lowest BCUT2D eigenvalue weighted by Gasteiger charge is -2.33. The molecule has 1 fully saturated rings. The number of rotatable bonds is 5. The summed E-state index contributed by atoms with van der Waals surface area (Å²) in [6.45, 7) is 2.80. The van der Waals surface area contributed by atoms with Gasteiger partial charge in [-0.05, 0) is 25.9 Å². The van der Waals surface area contributed by atoms with Crippen molar-refractivity contribution in [3.63, 3.8) is 0 Å². The molecule has 1 aliphatic rings. The van der Waals surface area contributed by atoms with Gasteiger partial charge in [-0.15, -0.1) is 0 Å². The van der Waals surface area contributed by atoms with Gasteiger partial charge in [0.15, 0.2) is 0 Å². The predicted molar refractivity (Wildman–Crippen MR) is 73.7 cm³/mol. The van der Waals surface area contributed by atoms with Gasteiger partial charge in [0.2, 0.25) is 5.91 Å². The van der Waals surface area contributed by atoms with Crippen LogP contribution in [0.4, 0.5) is 0 Å². The fraction of sp³-hybridized carbons (Fsp3) is 0.667. The van der Waals surface area contributed by atoms with Gasteiger partial charge in [-0.25, -0.2) is 4.98 Å². The zero-order chi connectivity index (χ0) is 13.8. The van der Waals surface area contributed by atoms with Crippen molar-refractivity contribution in [2.45, 2.75) is 25.4 Å². The van der Waals surface area contributed by atoms with Crippen molar-refractivity contribution in [1.29, 1.82) is 0 Å². The van der Waals surface area contributed by atoms with Crippen molar-refractivity contribution in [2.24, 2.45) is 12.8 Å². The summed E-state index contributed by atoms with van der Waals surface area (Å²) in [6, 6.07) is 0.365. The highest BCUT2D eigenvalue weighted by molar-refractivity contribution is 6.29. The molecule has 0 saturated carbocycles. The van der Waals surface area contributed by atoms with Gasteiger partial charge in [0.05, 0.1) is 19.3 Å². The van der Waals surface area contributed by atoms with Gasteiger partial charge in [-0.3, -0.25) is 9.69 Å². The molecule has 1 saturated heterocycles. The maximum absolute atomic E-state index is 11.2. The van der Waals surface area contributed by atoms with Crippen LogP contribution in [-0.2, 0) is 18.4 Å². The van der Waals surface area contributed by atoms with E-state index in [-0.39, 0.29) is 12.5 Å². The van der Waals surface area contributed by atoms with Crippen molar-refractivity contribution >= 4 is 17.5 Å². The Balaban J connectivity index is 2.08. The van der Waals surface area contributed by atoms with E-state index < -0.39 is 0 Å². The average molecular weight is 286 g/mol. The zero-order valence-corrected chi connectivity index (χ0v) is 11.9. The highest BCUT2D eigenvalue weighted by atomic mass is 35.5. The first-order valence-corrected chi connectivity index (χ1v) is 6.85. The van der Waals surface area contributed by atoms with Gasteiger partial charge in [0.25, 0.3) is 0 Å². The van der Waals surface area contributed by atoms with Crippen LogP contribution in [0.15, 0.2) is 6.20 Å². The summed E-state index contributed by atoms with van der Waals surface area (Å²) in [4.78, 5) is 17.6. The molecule has 1 aliphatic heterocycles. The van der Waals surface area contributed by atoms with Crippen molar-refractivity contribution in [3.05, 3.63) is 17.2 Å². The smallest absolute Gasteiger partial charge is 0.231 e. The Morgan fingerprint density at radius 2 is 2.32 bits per heavy atom. The second-order valence-corrected chi connectivity index (χ2v) is 5.30. The van der Waals surface area contributed by atoms with E-state index in [1.165, 1.54) is 0 Å². The van der Waals surface area contributed by atoms with Crippen molar-refractivity contribution in [1.82, 2.24) is 19.8 Å². The molecule has 1 amide bonds. The summed E-state index contributed by atoms with van der Waals surface area (Å²) in [6.07, 6.45) is 3.67. The van der Waals surface area contributed by atoms with Gasteiger partial charge in [0.1, 0.15) is 11.0 Å². The Labute approximate surface area is 117 Å². The maximum atomic E-state index is 11.2. The molecule has 0 spiro atoms. The summed E-state index contributed by atoms with van der Waals surface area (Å²) >= 11 is 5.98. The Kier molecular flexibility index (Phi) is 4.79. The fourth-order valence-electron chi connectivity index (χ4n) is 2.44. The Hall–Kier alpha value is -1.11. The minimum atomic E-state index is -0.307. The van der Waals surface area contributed by atoms with Crippen LogP contribution < -0.4 is 11.1 Å². The summed E-state index contributed by atoms with van der Waals surface area (Å²) in [7, 11) is 1.87. The van der Waals surface area contributed by atoms with E-state index in [2.05, 4.69) is 15.2 Å². The minimum absolute atomic E-state index is 0.259. The molecule has 0 bridgehead atoms. The number of nitrogens with two attached hydrogens (primary N) is 1. The molecule has 0 aliphatic carbocycles. The van der Waals surface area contributed by atoms with E-state index in [1.807, 2.05) is 11.6 Å². The molecular formula is C12H20ClN5O. The first kappa shape index (κ1) is 14.3. The Morgan fingerprint density at radius 3 is 2.84 bits per heavy atom. The molecule has 19 heavy (non-hydrogen) atoms. The minimum Gasteiger partial charge on any atom is -0.369 e. The molecule has 106 valence electrons. The van der Waals surface area contributed by atoms with E-state index in [4.69, 9.17) is 17.3 Å². The lowest BCUT2D eigenvalue weighted by atomic mass is 10.0. The van der Waals surface area contributed by atoms with Crippen LogP contribution in [0.5, 0.6) is 0 Å². The number of halogens is 1. The molecule has 7 heteroatoms.